The van der Waals surface area contributed by atoms with Crippen LogP contribution in [0.5, 0.6) is 0 Å². The van der Waals surface area contributed by atoms with E-state index < -0.39 is 5.91 Å². The van der Waals surface area contributed by atoms with Gasteiger partial charge in [0.15, 0.2) is 0 Å². The van der Waals surface area contributed by atoms with E-state index in [9.17, 15) is 14.4 Å². The fraction of sp³-hybridized carbons (Fsp3) is 0.733. The van der Waals surface area contributed by atoms with Crippen LogP contribution in [-0.2, 0) is 14.4 Å². The van der Waals surface area contributed by atoms with Gasteiger partial charge >= 0.3 is 0 Å². The highest BCUT2D eigenvalue weighted by molar-refractivity contribution is 6.27. The van der Waals surface area contributed by atoms with Crippen LogP contribution in [0.25, 0.3) is 0 Å². The highest BCUT2D eigenvalue weighted by Crippen LogP contribution is 2.10. The summed E-state index contributed by atoms with van der Waals surface area (Å²) in [6, 6.07) is 0. The molecule has 0 fully saturated rings. The number of amides is 2. The molecule has 5 heteroatoms. The highest BCUT2D eigenvalue weighted by atomic mass is 16.2. The zero-order valence-electron chi connectivity index (χ0n) is 13.4. The van der Waals surface area contributed by atoms with Gasteiger partial charge in [-0.1, -0.05) is 26.7 Å². The molecule has 0 aromatic carbocycles. The molecule has 5 nitrogen and oxygen atoms in total. The third-order valence-corrected chi connectivity index (χ3v) is 3.35. The van der Waals surface area contributed by atoms with Gasteiger partial charge in [0, 0.05) is 0 Å². The number of hydrogen-bond acceptors (Lipinski definition) is 3. The quantitative estimate of drug-likeness (QED) is 0.288. The van der Waals surface area contributed by atoms with E-state index in [0.717, 1.165) is 43.3 Å². The fourth-order valence-electron chi connectivity index (χ4n) is 2.02. The maximum atomic E-state index is 11.5. The molecule has 2 amide bonds. The fourth-order valence-corrected chi connectivity index (χ4v) is 2.02. The van der Waals surface area contributed by atoms with Gasteiger partial charge in [-0.3, -0.25) is 19.7 Å². The number of nitrogens with zero attached hydrogens (tertiary/aromatic N) is 1. The van der Waals surface area contributed by atoms with Gasteiger partial charge < -0.3 is 11.9 Å². The molecule has 0 atom stereocenters. The van der Waals surface area contributed by atoms with Crippen molar-refractivity contribution in [2.24, 2.45) is 0 Å². The first-order chi connectivity index (χ1) is 8.97. The SMILES string of the molecule is CCCC[N+](C)(CCCC)CCC(=O)NC(=O)C=O.[CH3-]. The molecular weight excluding hydrogens is 256 g/mol. The maximum absolute atomic E-state index is 11.5. The van der Waals surface area contributed by atoms with E-state index in [1.807, 2.05) is 0 Å². The molecule has 20 heavy (non-hydrogen) atoms. The average molecular weight is 286 g/mol. The van der Waals surface area contributed by atoms with Crippen molar-refractivity contribution in [1.29, 1.82) is 0 Å². The molecular formula is C15H30N2O3. The Hall–Kier alpha value is -1.23. The molecule has 0 heterocycles. The first-order valence-corrected chi connectivity index (χ1v) is 7.10. The van der Waals surface area contributed by atoms with Crippen LogP contribution < -0.4 is 5.32 Å². The molecule has 0 aliphatic rings. The first kappa shape index (κ1) is 21.1. The standard InChI is InChI=1S/C14H26N2O3.CH3/c1-4-6-9-16(3,10-7-5-2)11-8-13(18)15-14(19)12-17;/h12H,4-11H2,1-3H3;1H3/q;-1/p+1. The number of unbranched alkanes of at least 4 members (excludes halogenated alkanes) is 2. The highest BCUT2D eigenvalue weighted by Gasteiger charge is 2.22. The van der Waals surface area contributed by atoms with Crippen molar-refractivity contribution >= 4 is 18.1 Å². The molecule has 0 radical (unpaired) electrons. The van der Waals surface area contributed by atoms with Gasteiger partial charge in [0.2, 0.25) is 12.2 Å². The number of hydrogen-bond donors (Lipinski definition) is 1. The molecule has 0 rings (SSSR count). The third kappa shape index (κ3) is 9.67. The predicted molar refractivity (Wildman–Crippen MR) is 80.8 cm³/mol. The Labute approximate surface area is 123 Å². The van der Waals surface area contributed by atoms with Crippen molar-refractivity contribution in [1.82, 2.24) is 5.32 Å². The Morgan fingerprint density at radius 2 is 1.55 bits per heavy atom. The number of aldehydes is 1. The number of imide groups is 1. The van der Waals surface area contributed by atoms with E-state index in [-0.39, 0.29) is 26.0 Å². The zero-order valence-corrected chi connectivity index (χ0v) is 13.4. The van der Waals surface area contributed by atoms with Crippen molar-refractivity contribution in [2.75, 3.05) is 26.7 Å². The number of carbonyl (C=O) groups excluding carboxylic acids is 3. The second-order valence-electron chi connectivity index (χ2n) is 5.28. The summed E-state index contributed by atoms with van der Waals surface area (Å²) < 4.78 is 0.852. The maximum Gasteiger partial charge on any atom is 0.290 e. The van der Waals surface area contributed by atoms with Crippen LogP contribution in [0.1, 0.15) is 46.0 Å². The summed E-state index contributed by atoms with van der Waals surface area (Å²) in [4.78, 5) is 32.4. The van der Waals surface area contributed by atoms with Crippen LogP contribution in [0, 0.1) is 7.43 Å². The Morgan fingerprint density at radius 3 is 1.95 bits per heavy atom. The van der Waals surface area contributed by atoms with Crippen molar-refractivity contribution in [2.45, 2.75) is 46.0 Å². The van der Waals surface area contributed by atoms with Crippen LogP contribution in [0.3, 0.4) is 0 Å². The Morgan fingerprint density at radius 1 is 1.05 bits per heavy atom. The first-order valence-electron chi connectivity index (χ1n) is 7.10. The zero-order chi connectivity index (χ0) is 14.7. The number of rotatable bonds is 10. The lowest BCUT2D eigenvalue weighted by Gasteiger charge is -2.34. The number of nitrogens with one attached hydrogen (secondary N) is 1. The van der Waals surface area contributed by atoms with E-state index in [1.54, 1.807) is 0 Å². The molecule has 0 unspecified atom stereocenters. The van der Waals surface area contributed by atoms with Crippen LogP contribution in [0.2, 0.25) is 0 Å². The average Bonchev–Trinajstić information content (AvgIpc) is 2.41. The van der Waals surface area contributed by atoms with E-state index in [4.69, 9.17) is 0 Å². The molecule has 0 saturated heterocycles. The summed E-state index contributed by atoms with van der Waals surface area (Å²) >= 11 is 0. The minimum absolute atomic E-state index is 0. The van der Waals surface area contributed by atoms with Crippen molar-refractivity contribution in [3.63, 3.8) is 0 Å². The minimum atomic E-state index is -0.860. The normalized spacial score (nSPS) is 10.6. The largest absolute Gasteiger partial charge is 0.358 e. The van der Waals surface area contributed by atoms with Crippen LogP contribution in [0.15, 0.2) is 0 Å². The van der Waals surface area contributed by atoms with Gasteiger partial charge in [-0.15, -0.1) is 0 Å². The second kappa shape index (κ2) is 11.6. The van der Waals surface area contributed by atoms with Crippen molar-refractivity contribution in [3.05, 3.63) is 7.43 Å². The van der Waals surface area contributed by atoms with Gasteiger partial charge in [0.25, 0.3) is 5.91 Å². The third-order valence-electron chi connectivity index (χ3n) is 3.35. The Balaban J connectivity index is 0. The molecule has 1 N–H and O–H groups in total. The van der Waals surface area contributed by atoms with Gasteiger partial charge in [0.05, 0.1) is 33.1 Å². The Kier molecular flexibility index (Phi) is 12.2. The summed E-state index contributed by atoms with van der Waals surface area (Å²) in [5, 5.41) is 2.06. The molecule has 0 aromatic rings. The van der Waals surface area contributed by atoms with E-state index >= 15 is 0 Å². The monoisotopic (exact) mass is 286 g/mol. The van der Waals surface area contributed by atoms with E-state index in [1.165, 1.54) is 0 Å². The summed E-state index contributed by atoms with van der Waals surface area (Å²) in [5.41, 5.74) is 0. The lowest BCUT2D eigenvalue weighted by Crippen LogP contribution is -2.48. The lowest BCUT2D eigenvalue weighted by atomic mass is 10.2. The summed E-state index contributed by atoms with van der Waals surface area (Å²) in [6.45, 7) is 7.11. The summed E-state index contributed by atoms with van der Waals surface area (Å²) in [5.74, 6) is -1.23. The molecule has 0 saturated carbocycles. The number of quaternary nitrogens is 1. The van der Waals surface area contributed by atoms with E-state index in [0.29, 0.717) is 6.54 Å². The van der Waals surface area contributed by atoms with Crippen LogP contribution >= 0.6 is 0 Å². The van der Waals surface area contributed by atoms with Crippen LogP contribution in [0.4, 0.5) is 0 Å². The van der Waals surface area contributed by atoms with E-state index in [2.05, 4.69) is 26.2 Å². The molecule has 118 valence electrons. The smallest absolute Gasteiger partial charge is 0.290 e. The topological polar surface area (TPSA) is 63.2 Å². The minimum Gasteiger partial charge on any atom is -0.358 e. The summed E-state index contributed by atoms with van der Waals surface area (Å²) in [6.07, 6.45) is 4.94. The van der Waals surface area contributed by atoms with Gasteiger partial charge in [-0.2, -0.15) is 0 Å². The lowest BCUT2D eigenvalue weighted by molar-refractivity contribution is -0.909. The van der Waals surface area contributed by atoms with Crippen LogP contribution in [-0.4, -0.2) is 49.3 Å². The predicted octanol–water partition coefficient (Wildman–Crippen LogP) is 1.72. The molecule has 0 aliphatic heterocycles. The second-order valence-corrected chi connectivity index (χ2v) is 5.28. The molecule has 0 bridgehead atoms. The van der Waals surface area contributed by atoms with Crippen molar-refractivity contribution in [3.8, 4) is 0 Å². The molecule has 0 aliphatic carbocycles. The van der Waals surface area contributed by atoms with Gasteiger partial charge in [-0.25, -0.2) is 0 Å². The van der Waals surface area contributed by atoms with Crippen molar-refractivity contribution < 1.29 is 18.9 Å². The molecule has 0 aromatic heterocycles. The Bertz CT molecular complexity index is 295. The number of carbonyl (C=O) groups is 3. The molecule has 0 spiro atoms. The van der Waals surface area contributed by atoms with Gasteiger partial charge in [0.1, 0.15) is 0 Å². The summed E-state index contributed by atoms with van der Waals surface area (Å²) in [7, 11) is 2.15. The van der Waals surface area contributed by atoms with Gasteiger partial charge in [-0.05, 0) is 12.8 Å².